The van der Waals surface area contributed by atoms with Crippen LogP contribution in [0.1, 0.15) is 49.8 Å². The number of nitrogens with one attached hydrogen (secondary N) is 2. The van der Waals surface area contributed by atoms with E-state index in [2.05, 4.69) is 20.9 Å². The average molecular weight is 394 g/mol. The first-order valence-electron chi connectivity index (χ1n) is 9.31. The third-order valence-corrected chi connectivity index (χ3v) is 4.40. The molecule has 1 saturated heterocycles. The van der Waals surface area contributed by atoms with E-state index in [1.54, 1.807) is 4.68 Å². The summed E-state index contributed by atoms with van der Waals surface area (Å²) in [5.41, 5.74) is 2.08. The normalized spacial score (nSPS) is 16.7. The van der Waals surface area contributed by atoms with Crippen molar-refractivity contribution in [1.29, 1.82) is 0 Å². The molecule has 7 nitrogen and oxygen atoms in total. The Labute approximate surface area is 166 Å². The van der Waals surface area contributed by atoms with E-state index in [1.807, 2.05) is 45.0 Å². The molecule has 0 saturated carbocycles. The predicted molar refractivity (Wildman–Crippen MR) is 107 cm³/mol. The molecule has 1 aromatic carbocycles. The van der Waals surface area contributed by atoms with Gasteiger partial charge in [0.05, 0.1) is 17.5 Å². The number of halogens is 1. The molecule has 0 aliphatic carbocycles. The lowest BCUT2D eigenvalue weighted by molar-refractivity contribution is 0.0924. The fraction of sp³-hybridized carbons (Fsp3) is 0.526. The van der Waals surface area contributed by atoms with E-state index in [0.717, 1.165) is 43.1 Å². The highest BCUT2D eigenvalue weighted by atomic mass is 35.5. The van der Waals surface area contributed by atoms with Crippen molar-refractivity contribution in [3.05, 3.63) is 35.7 Å². The Morgan fingerprint density at radius 1 is 1.37 bits per heavy atom. The maximum Gasteiger partial charge on any atom is 0.274 e. The maximum absolute atomic E-state index is 12.6. The molecule has 1 amide bonds. The third-order valence-electron chi connectivity index (χ3n) is 4.40. The summed E-state index contributed by atoms with van der Waals surface area (Å²) in [7, 11) is 0. The monoisotopic (exact) mass is 393 g/mol. The highest BCUT2D eigenvalue weighted by Gasteiger charge is 2.22. The topological polar surface area (TPSA) is 81.1 Å². The van der Waals surface area contributed by atoms with Crippen LogP contribution < -0.4 is 15.4 Å². The summed E-state index contributed by atoms with van der Waals surface area (Å²) >= 11 is 0. The van der Waals surface area contributed by atoms with E-state index in [4.69, 9.17) is 4.74 Å². The van der Waals surface area contributed by atoms with Gasteiger partial charge in [0.1, 0.15) is 5.75 Å². The van der Waals surface area contributed by atoms with Crippen molar-refractivity contribution < 1.29 is 9.53 Å². The number of hydrogen-bond acceptors (Lipinski definition) is 5. The van der Waals surface area contributed by atoms with Crippen LogP contribution in [0.15, 0.2) is 24.3 Å². The second kappa shape index (κ2) is 9.71. The SMILES string of the molecule is CCc1c(C(=O)NC2CCCNC2)nnn1-c1ccc(OC(C)C)cc1.Cl. The molecular weight excluding hydrogens is 366 g/mol. The Hall–Kier alpha value is -2.12. The van der Waals surface area contributed by atoms with Gasteiger partial charge in [0.25, 0.3) is 5.91 Å². The number of carbonyl (C=O) groups is 1. The van der Waals surface area contributed by atoms with E-state index >= 15 is 0 Å². The standard InChI is InChI=1S/C19H27N5O2.ClH/c1-4-17-18(19(25)21-14-6-5-11-20-12-14)22-23-24(17)15-7-9-16(10-8-15)26-13(2)3;/h7-10,13-14,20H,4-6,11-12H2,1-3H3,(H,21,25);1H. The highest BCUT2D eigenvalue weighted by molar-refractivity contribution is 5.93. The van der Waals surface area contributed by atoms with Gasteiger partial charge >= 0.3 is 0 Å². The lowest BCUT2D eigenvalue weighted by Crippen LogP contribution is -2.45. The summed E-state index contributed by atoms with van der Waals surface area (Å²) < 4.78 is 7.40. The Kier molecular flexibility index (Phi) is 7.62. The minimum atomic E-state index is -0.151. The maximum atomic E-state index is 12.6. The minimum absolute atomic E-state index is 0. The summed E-state index contributed by atoms with van der Waals surface area (Å²) in [5, 5.41) is 14.7. The number of nitrogens with zero attached hydrogens (tertiary/aromatic N) is 3. The van der Waals surface area contributed by atoms with E-state index in [9.17, 15) is 4.79 Å². The molecule has 1 aliphatic heterocycles. The van der Waals surface area contributed by atoms with Crippen LogP contribution in [-0.2, 0) is 6.42 Å². The van der Waals surface area contributed by atoms with Crippen LogP contribution in [0.2, 0.25) is 0 Å². The van der Waals surface area contributed by atoms with Crippen LogP contribution in [0.5, 0.6) is 5.75 Å². The molecular formula is C19H28ClN5O2. The third kappa shape index (κ3) is 5.20. The van der Waals surface area contributed by atoms with Crippen LogP contribution in [0, 0.1) is 0 Å². The zero-order valence-corrected chi connectivity index (χ0v) is 16.9. The van der Waals surface area contributed by atoms with Gasteiger partial charge in [-0.1, -0.05) is 12.1 Å². The molecule has 1 aromatic heterocycles. The molecule has 1 unspecified atom stereocenters. The molecule has 2 N–H and O–H groups in total. The molecule has 148 valence electrons. The van der Waals surface area contributed by atoms with Gasteiger partial charge in [-0.3, -0.25) is 4.79 Å². The highest BCUT2D eigenvalue weighted by Crippen LogP contribution is 2.19. The Morgan fingerprint density at radius 2 is 2.11 bits per heavy atom. The number of benzene rings is 1. The Morgan fingerprint density at radius 3 is 2.70 bits per heavy atom. The summed E-state index contributed by atoms with van der Waals surface area (Å²) in [6.07, 6.45) is 2.86. The van der Waals surface area contributed by atoms with Crippen LogP contribution in [-0.4, -0.2) is 46.1 Å². The fourth-order valence-electron chi connectivity index (χ4n) is 3.17. The lowest BCUT2D eigenvalue weighted by Gasteiger charge is -2.23. The quantitative estimate of drug-likeness (QED) is 0.788. The smallest absolute Gasteiger partial charge is 0.274 e. The summed E-state index contributed by atoms with van der Waals surface area (Å²) in [6, 6.07) is 7.82. The Balaban J connectivity index is 0.00000261. The number of aromatic nitrogens is 3. The number of piperidine rings is 1. The molecule has 2 heterocycles. The largest absolute Gasteiger partial charge is 0.491 e. The van der Waals surface area contributed by atoms with Crippen molar-refractivity contribution in [2.45, 2.75) is 52.2 Å². The van der Waals surface area contributed by atoms with Crippen LogP contribution in [0.3, 0.4) is 0 Å². The fourth-order valence-corrected chi connectivity index (χ4v) is 3.17. The first kappa shape index (κ1) is 21.2. The van der Waals surface area contributed by atoms with Gasteiger partial charge in [-0.05, 0) is 63.9 Å². The van der Waals surface area contributed by atoms with Gasteiger partial charge in [-0.25, -0.2) is 4.68 Å². The van der Waals surface area contributed by atoms with Gasteiger partial charge in [0, 0.05) is 12.6 Å². The van der Waals surface area contributed by atoms with Crippen LogP contribution >= 0.6 is 12.4 Å². The van der Waals surface area contributed by atoms with Gasteiger partial charge in [0.2, 0.25) is 0 Å². The summed E-state index contributed by atoms with van der Waals surface area (Å²) in [5.74, 6) is 0.659. The van der Waals surface area contributed by atoms with Crippen molar-refractivity contribution in [2.24, 2.45) is 0 Å². The van der Waals surface area contributed by atoms with Gasteiger partial charge in [-0.2, -0.15) is 0 Å². The predicted octanol–water partition coefficient (Wildman–Crippen LogP) is 2.52. The number of ether oxygens (including phenoxy) is 1. The van der Waals surface area contributed by atoms with Crippen molar-refractivity contribution in [3.8, 4) is 11.4 Å². The molecule has 1 fully saturated rings. The molecule has 0 spiro atoms. The first-order valence-corrected chi connectivity index (χ1v) is 9.31. The molecule has 8 heteroatoms. The van der Waals surface area contributed by atoms with E-state index in [-0.39, 0.29) is 30.5 Å². The minimum Gasteiger partial charge on any atom is -0.491 e. The number of hydrogen-bond donors (Lipinski definition) is 2. The molecule has 1 atom stereocenters. The number of rotatable bonds is 6. The van der Waals surface area contributed by atoms with Gasteiger partial charge in [-0.15, -0.1) is 17.5 Å². The second-order valence-corrected chi connectivity index (χ2v) is 6.83. The summed E-state index contributed by atoms with van der Waals surface area (Å²) in [4.78, 5) is 12.6. The average Bonchev–Trinajstić information content (AvgIpc) is 3.07. The zero-order chi connectivity index (χ0) is 18.5. The molecule has 0 radical (unpaired) electrons. The molecule has 2 aromatic rings. The van der Waals surface area contributed by atoms with Crippen molar-refractivity contribution in [2.75, 3.05) is 13.1 Å². The van der Waals surface area contributed by atoms with Crippen molar-refractivity contribution in [3.63, 3.8) is 0 Å². The van der Waals surface area contributed by atoms with Gasteiger partial charge in [0.15, 0.2) is 5.69 Å². The summed E-state index contributed by atoms with van der Waals surface area (Å²) in [6.45, 7) is 7.81. The Bertz CT molecular complexity index is 739. The van der Waals surface area contributed by atoms with E-state index < -0.39 is 0 Å². The molecule has 3 rings (SSSR count). The second-order valence-electron chi connectivity index (χ2n) is 6.83. The van der Waals surface area contributed by atoms with Crippen molar-refractivity contribution in [1.82, 2.24) is 25.6 Å². The number of carbonyl (C=O) groups excluding carboxylic acids is 1. The van der Waals surface area contributed by atoms with Gasteiger partial charge < -0.3 is 15.4 Å². The van der Waals surface area contributed by atoms with E-state index in [0.29, 0.717) is 12.1 Å². The zero-order valence-electron chi connectivity index (χ0n) is 16.1. The van der Waals surface area contributed by atoms with Crippen molar-refractivity contribution >= 4 is 18.3 Å². The lowest BCUT2D eigenvalue weighted by atomic mass is 10.1. The molecule has 27 heavy (non-hydrogen) atoms. The van der Waals surface area contributed by atoms with Crippen LogP contribution in [0.25, 0.3) is 5.69 Å². The number of amides is 1. The van der Waals surface area contributed by atoms with Crippen LogP contribution in [0.4, 0.5) is 0 Å². The molecule has 0 bridgehead atoms. The first-order chi connectivity index (χ1) is 12.6. The van der Waals surface area contributed by atoms with E-state index in [1.165, 1.54) is 0 Å². The molecule has 1 aliphatic rings.